The van der Waals surface area contributed by atoms with Gasteiger partial charge < -0.3 is 0 Å². The Bertz CT molecular complexity index is 603. The number of anilines is 1. The first-order valence-corrected chi connectivity index (χ1v) is 6.64. The summed E-state index contributed by atoms with van der Waals surface area (Å²) in [7, 11) is 0. The number of benzene rings is 1. The second-order valence-corrected chi connectivity index (χ2v) is 4.88. The molecule has 1 aromatic carbocycles. The van der Waals surface area contributed by atoms with Crippen LogP contribution in [0.3, 0.4) is 0 Å². The van der Waals surface area contributed by atoms with Crippen LogP contribution in [0.15, 0.2) is 30.3 Å². The Morgan fingerprint density at radius 3 is 2.74 bits per heavy atom. The van der Waals surface area contributed by atoms with E-state index in [0.717, 1.165) is 11.4 Å². The zero-order chi connectivity index (χ0) is 13.7. The number of hydrogen-bond acceptors (Lipinski definition) is 5. The Labute approximate surface area is 114 Å². The number of nitrogens with one attached hydrogen (secondary N) is 1. The number of aromatic nitrogens is 2. The fourth-order valence-electron chi connectivity index (χ4n) is 1.55. The predicted octanol–water partition coefficient (Wildman–Crippen LogP) is 2.35. The molecule has 1 amide bonds. The predicted molar refractivity (Wildman–Crippen MR) is 72.7 cm³/mol. The number of nitrogens with zero attached hydrogens (tertiary/aromatic N) is 3. The Balaban J connectivity index is 2.12. The van der Waals surface area contributed by atoms with Gasteiger partial charge in [-0.2, -0.15) is 5.26 Å². The summed E-state index contributed by atoms with van der Waals surface area (Å²) in [6, 6.07) is 11.0. The van der Waals surface area contributed by atoms with Crippen molar-refractivity contribution in [1.29, 1.82) is 5.26 Å². The minimum absolute atomic E-state index is 0.382. The number of nitriles is 1. The second kappa shape index (κ2) is 6.07. The summed E-state index contributed by atoms with van der Waals surface area (Å²) >= 11 is 1.32. The molecule has 0 radical (unpaired) electrons. The minimum atomic E-state index is -0.838. The van der Waals surface area contributed by atoms with Gasteiger partial charge in [-0.3, -0.25) is 10.1 Å². The molecule has 0 saturated heterocycles. The maximum Gasteiger partial charge on any atom is 0.248 e. The molecule has 2 rings (SSSR count). The molecule has 0 spiro atoms. The van der Waals surface area contributed by atoms with Crippen LogP contribution in [-0.4, -0.2) is 16.1 Å². The van der Waals surface area contributed by atoms with Gasteiger partial charge in [0.15, 0.2) is 5.92 Å². The fraction of sp³-hybridized carbons (Fsp3) is 0.231. The van der Waals surface area contributed by atoms with Gasteiger partial charge in [0.2, 0.25) is 11.0 Å². The van der Waals surface area contributed by atoms with Crippen LogP contribution >= 0.6 is 11.3 Å². The molecule has 0 aliphatic carbocycles. The molecule has 2 aromatic rings. The third-order valence-electron chi connectivity index (χ3n) is 2.52. The van der Waals surface area contributed by atoms with E-state index < -0.39 is 5.92 Å². The molecule has 5 nitrogen and oxygen atoms in total. The van der Waals surface area contributed by atoms with E-state index in [1.165, 1.54) is 11.3 Å². The Morgan fingerprint density at radius 1 is 1.42 bits per heavy atom. The van der Waals surface area contributed by atoms with E-state index in [1.807, 2.05) is 19.1 Å². The molecular weight excluding hydrogens is 260 g/mol. The monoisotopic (exact) mass is 272 g/mol. The molecule has 1 aromatic heterocycles. The van der Waals surface area contributed by atoms with Crippen LogP contribution in [0.1, 0.15) is 23.4 Å². The van der Waals surface area contributed by atoms with Crippen LogP contribution in [0.25, 0.3) is 0 Å². The molecule has 0 bridgehead atoms. The summed E-state index contributed by atoms with van der Waals surface area (Å²) in [5.41, 5.74) is 0.669. The highest BCUT2D eigenvalue weighted by atomic mass is 32.1. The standard InChI is InChI=1S/C13H12N4OS/c1-2-11-16-17-13(19-11)15-12(18)10(8-14)9-6-4-3-5-7-9/h3-7,10H,2H2,1H3,(H,15,17,18). The van der Waals surface area contributed by atoms with Crippen molar-refractivity contribution in [1.82, 2.24) is 10.2 Å². The third-order valence-corrected chi connectivity index (χ3v) is 3.51. The van der Waals surface area contributed by atoms with E-state index in [-0.39, 0.29) is 5.91 Å². The summed E-state index contributed by atoms with van der Waals surface area (Å²) in [5, 5.41) is 20.8. The van der Waals surface area contributed by atoms with Crippen LogP contribution < -0.4 is 5.32 Å². The van der Waals surface area contributed by atoms with Crippen molar-refractivity contribution < 1.29 is 4.79 Å². The normalized spacial score (nSPS) is 11.6. The first-order chi connectivity index (χ1) is 9.24. The van der Waals surface area contributed by atoms with Gasteiger partial charge in [-0.1, -0.05) is 48.6 Å². The van der Waals surface area contributed by atoms with Crippen molar-refractivity contribution in [3.63, 3.8) is 0 Å². The van der Waals surface area contributed by atoms with Crippen molar-refractivity contribution in [3.05, 3.63) is 40.9 Å². The molecule has 0 aliphatic heterocycles. The average molecular weight is 272 g/mol. The molecule has 6 heteroatoms. The third kappa shape index (κ3) is 3.14. The second-order valence-electron chi connectivity index (χ2n) is 3.82. The van der Waals surface area contributed by atoms with Crippen LogP contribution in [0, 0.1) is 11.3 Å². The molecule has 1 atom stereocenters. The highest BCUT2D eigenvalue weighted by Gasteiger charge is 2.21. The molecule has 0 fully saturated rings. The van der Waals surface area contributed by atoms with Gasteiger partial charge in [-0.25, -0.2) is 0 Å². The Morgan fingerprint density at radius 2 is 2.16 bits per heavy atom. The first kappa shape index (κ1) is 13.2. The molecule has 1 N–H and O–H groups in total. The van der Waals surface area contributed by atoms with Gasteiger partial charge in [0.25, 0.3) is 0 Å². The van der Waals surface area contributed by atoms with E-state index in [0.29, 0.717) is 10.7 Å². The van der Waals surface area contributed by atoms with Crippen LogP contribution in [0.2, 0.25) is 0 Å². The minimum Gasteiger partial charge on any atom is -0.299 e. The van der Waals surface area contributed by atoms with Crippen LogP contribution in [0.5, 0.6) is 0 Å². The maximum atomic E-state index is 12.0. The smallest absolute Gasteiger partial charge is 0.248 e. The molecule has 1 heterocycles. The first-order valence-electron chi connectivity index (χ1n) is 5.82. The highest BCUT2D eigenvalue weighted by Crippen LogP contribution is 2.20. The number of rotatable bonds is 4. The quantitative estimate of drug-likeness (QED) is 0.926. The fourth-order valence-corrected chi connectivity index (χ4v) is 2.24. The summed E-state index contributed by atoms with van der Waals surface area (Å²) in [4.78, 5) is 12.0. The van der Waals surface area contributed by atoms with Crippen molar-refractivity contribution in [2.45, 2.75) is 19.3 Å². The molecule has 19 heavy (non-hydrogen) atoms. The lowest BCUT2D eigenvalue weighted by Crippen LogP contribution is -2.19. The van der Waals surface area contributed by atoms with Gasteiger partial charge >= 0.3 is 0 Å². The summed E-state index contributed by atoms with van der Waals surface area (Å²) in [5.74, 6) is -1.22. The lowest BCUT2D eigenvalue weighted by atomic mass is 10.0. The van der Waals surface area contributed by atoms with E-state index in [4.69, 9.17) is 5.26 Å². The zero-order valence-electron chi connectivity index (χ0n) is 10.3. The molecule has 1 unspecified atom stereocenters. The topological polar surface area (TPSA) is 78.7 Å². The van der Waals surface area contributed by atoms with Gasteiger partial charge in [-0.05, 0) is 12.0 Å². The van der Waals surface area contributed by atoms with Gasteiger partial charge in [0.05, 0.1) is 6.07 Å². The van der Waals surface area contributed by atoms with Gasteiger partial charge in [-0.15, -0.1) is 10.2 Å². The van der Waals surface area contributed by atoms with Gasteiger partial charge in [0, 0.05) is 0 Å². The van der Waals surface area contributed by atoms with Crippen molar-refractivity contribution in [2.24, 2.45) is 0 Å². The maximum absolute atomic E-state index is 12.0. The zero-order valence-corrected chi connectivity index (χ0v) is 11.1. The summed E-state index contributed by atoms with van der Waals surface area (Å²) < 4.78 is 0. The lowest BCUT2D eigenvalue weighted by molar-refractivity contribution is -0.116. The van der Waals surface area contributed by atoms with Gasteiger partial charge in [0.1, 0.15) is 5.01 Å². The molecular formula is C13H12N4OS. The van der Waals surface area contributed by atoms with Crippen LogP contribution in [-0.2, 0) is 11.2 Å². The number of amides is 1. The van der Waals surface area contributed by atoms with E-state index in [1.54, 1.807) is 24.3 Å². The Kier molecular flexibility index (Phi) is 4.21. The number of carbonyl (C=O) groups excluding carboxylic acids is 1. The molecule has 0 aliphatic rings. The number of hydrogen-bond donors (Lipinski definition) is 1. The van der Waals surface area contributed by atoms with Crippen molar-refractivity contribution in [3.8, 4) is 6.07 Å². The van der Waals surface area contributed by atoms with E-state index in [9.17, 15) is 4.79 Å². The van der Waals surface area contributed by atoms with E-state index >= 15 is 0 Å². The highest BCUT2D eigenvalue weighted by molar-refractivity contribution is 7.15. The molecule has 0 saturated carbocycles. The SMILES string of the molecule is CCc1nnc(NC(=O)C(C#N)c2ccccc2)s1. The van der Waals surface area contributed by atoms with Crippen molar-refractivity contribution in [2.75, 3.05) is 5.32 Å². The van der Waals surface area contributed by atoms with Crippen LogP contribution in [0.4, 0.5) is 5.13 Å². The number of aryl methyl sites for hydroxylation is 1. The number of carbonyl (C=O) groups is 1. The lowest BCUT2D eigenvalue weighted by Gasteiger charge is -2.07. The van der Waals surface area contributed by atoms with E-state index in [2.05, 4.69) is 15.5 Å². The van der Waals surface area contributed by atoms with Crippen molar-refractivity contribution >= 4 is 22.4 Å². The molecule has 96 valence electrons. The summed E-state index contributed by atoms with van der Waals surface area (Å²) in [6.45, 7) is 1.97. The largest absolute Gasteiger partial charge is 0.299 e. The average Bonchev–Trinajstić information content (AvgIpc) is 2.88. The summed E-state index contributed by atoms with van der Waals surface area (Å²) in [6.07, 6.45) is 0.772. The Hall–Kier alpha value is -2.26.